The lowest BCUT2D eigenvalue weighted by Gasteiger charge is -2.11. The van der Waals surface area contributed by atoms with E-state index in [-0.39, 0.29) is 11.2 Å². The van der Waals surface area contributed by atoms with Crippen LogP contribution in [-0.2, 0) is 6.54 Å². The van der Waals surface area contributed by atoms with E-state index < -0.39 is 4.92 Å². The Morgan fingerprint density at radius 2 is 2.17 bits per heavy atom. The van der Waals surface area contributed by atoms with Crippen LogP contribution in [0.3, 0.4) is 0 Å². The van der Waals surface area contributed by atoms with Crippen LogP contribution in [-0.4, -0.2) is 14.8 Å². The number of nitrogens with zero attached hydrogens (tertiary/aromatic N) is 2. The molecule has 0 fully saturated rings. The standard InChI is InChI=1S/C12H17BrN2O3/c1-9(3-5-13)4-6-14-8-11(15(17)18)10(2)7-12(14)16/h7-9H,3-6H2,1-2H3. The normalized spacial score (nSPS) is 12.4. The highest BCUT2D eigenvalue weighted by Gasteiger charge is 2.13. The van der Waals surface area contributed by atoms with Gasteiger partial charge in [0.05, 0.1) is 11.1 Å². The highest BCUT2D eigenvalue weighted by atomic mass is 79.9. The van der Waals surface area contributed by atoms with Gasteiger partial charge in [0, 0.05) is 23.5 Å². The van der Waals surface area contributed by atoms with E-state index in [0.29, 0.717) is 18.0 Å². The average Bonchev–Trinajstić information content (AvgIpc) is 2.27. The fourth-order valence-electron chi connectivity index (χ4n) is 1.71. The first kappa shape index (κ1) is 14.9. The van der Waals surface area contributed by atoms with E-state index in [4.69, 9.17) is 0 Å². The van der Waals surface area contributed by atoms with Crippen LogP contribution in [0.2, 0.25) is 0 Å². The third kappa shape index (κ3) is 3.94. The van der Waals surface area contributed by atoms with Gasteiger partial charge in [-0.15, -0.1) is 0 Å². The summed E-state index contributed by atoms with van der Waals surface area (Å²) in [5.74, 6) is 0.483. The minimum atomic E-state index is -0.451. The molecule has 0 spiro atoms. The summed E-state index contributed by atoms with van der Waals surface area (Å²) in [5.41, 5.74) is 0.238. The summed E-state index contributed by atoms with van der Waals surface area (Å²) in [4.78, 5) is 22.1. The second-order valence-corrected chi connectivity index (χ2v) is 5.29. The lowest BCUT2D eigenvalue weighted by atomic mass is 10.1. The Bertz CT molecular complexity index is 485. The van der Waals surface area contributed by atoms with E-state index >= 15 is 0 Å². The van der Waals surface area contributed by atoms with Gasteiger partial charge in [0.15, 0.2) is 0 Å². The van der Waals surface area contributed by atoms with Gasteiger partial charge in [-0.1, -0.05) is 22.9 Å². The van der Waals surface area contributed by atoms with Crippen LogP contribution in [0.15, 0.2) is 17.1 Å². The van der Waals surface area contributed by atoms with Gasteiger partial charge in [-0.2, -0.15) is 0 Å². The van der Waals surface area contributed by atoms with Crippen molar-refractivity contribution in [3.8, 4) is 0 Å². The van der Waals surface area contributed by atoms with Gasteiger partial charge in [-0.25, -0.2) is 0 Å². The van der Waals surface area contributed by atoms with Gasteiger partial charge in [-0.05, 0) is 25.7 Å². The van der Waals surface area contributed by atoms with Crippen molar-refractivity contribution in [3.63, 3.8) is 0 Å². The number of pyridine rings is 1. The zero-order valence-electron chi connectivity index (χ0n) is 10.6. The number of hydrogen-bond donors (Lipinski definition) is 0. The van der Waals surface area contributed by atoms with Crippen LogP contribution in [0.4, 0.5) is 5.69 Å². The van der Waals surface area contributed by atoms with Crippen LogP contribution in [0.25, 0.3) is 0 Å². The number of halogens is 1. The molecule has 6 heteroatoms. The van der Waals surface area contributed by atoms with Crippen LogP contribution >= 0.6 is 15.9 Å². The fraction of sp³-hybridized carbons (Fsp3) is 0.583. The largest absolute Gasteiger partial charge is 0.309 e. The van der Waals surface area contributed by atoms with Crippen molar-refractivity contribution in [2.24, 2.45) is 5.92 Å². The number of aromatic nitrogens is 1. The third-order valence-corrected chi connectivity index (χ3v) is 3.42. The zero-order valence-corrected chi connectivity index (χ0v) is 12.1. The van der Waals surface area contributed by atoms with Crippen molar-refractivity contribution in [1.29, 1.82) is 0 Å². The molecule has 100 valence electrons. The molecule has 1 aromatic heterocycles. The number of hydrogen-bond acceptors (Lipinski definition) is 3. The molecule has 5 nitrogen and oxygen atoms in total. The molecule has 1 unspecified atom stereocenters. The van der Waals surface area contributed by atoms with Crippen molar-refractivity contribution in [3.05, 3.63) is 38.3 Å². The third-order valence-electron chi connectivity index (χ3n) is 2.97. The van der Waals surface area contributed by atoms with E-state index in [0.717, 1.165) is 18.2 Å². The SMILES string of the molecule is Cc1cc(=O)n(CCC(C)CCBr)cc1[N+](=O)[O-]. The molecule has 0 N–H and O–H groups in total. The van der Waals surface area contributed by atoms with Gasteiger partial charge in [0.2, 0.25) is 0 Å². The predicted molar refractivity (Wildman–Crippen MR) is 74.3 cm³/mol. The molecule has 0 saturated carbocycles. The molecule has 0 aromatic carbocycles. The molecule has 0 aliphatic heterocycles. The van der Waals surface area contributed by atoms with E-state index in [1.165, 1.54) is 16.8 Å². The molecule has 0 bridgehead atoms. The summed E-state index contributed by atoms with van der Waals surface area (Å²) in [6, 6.07) is 1.33. The second kappa shape index (κ2) is 6.68. The number of rotatable bonds is 6. The molecule has 1 rings (SSSR count). The molecule has 0 saturated heterocycles. The quantitative estimate of drug-likeness (QED) is 0.460. The van der Waals surface area contributed by atoms with Crippen LogP contribution in [0.5, 0.6) is 0 Å². The molecule has 18 heavy (non-hydrogen) atoms. The predicted octanol–water partition coefficient (Wildman–Crippen LogP) is 2.88. The first-order valence-corrected chi connectivity index (χ1v) is 6.99. The van der Waals surface area contributed by atoms with E-state index in [1.54, 1.807) is 6.92 Å². The van der Waals surface area contributed by atoms with Crippen molar-refractivity contribution in [2.75, 3.05) is 5.33 Å². The molecule has 1 heterocycles. The Hall–Kier alpha value is -1.17. The van der Waals surface area contributed by atoms with Crippen molar-refractivity contribution >= 4 is 21.6 Å². The van der Waals surface area contributed by atoms with Crippen molar-refractivity contribution in [1.82, 2.24) is 4.57 Å². The summed E-state index contributed by atoms with van der Waals surface area (Å²) in [6.07, 6.45) is 3.22. The Kier molecular flexibility index (Phi) is 5.53. The van der Waals surface area contributed by atoms with Gasteiger partial charge >= 0.3 is 0 Å². The van der Waals surface area contributed by atoms with Crippen molar-refractivity contribution < 1.29 is 4.92 Å². The lowest BCUT2D eigenvalue weighted by Crippen LogP contribution is -2.21. The minimum Gasteiger partial charge on any atom is -0.309 e. The van der Waals surface area contributed by atoms with Crippen molar-refractivity contribution in [2.45, 2.75) is 33.2 Å². The summed E-state index contributed by atoms with van der Waals surface area (Å²) in [6.45, 7) is 4.21. The molecule has 0 amide bonds. The number of alkyl halides is 1. The van der Waals surface area contributed by atoms with Gasteiger partial charge in [-0.3, -0.25) is 14.9 Å². The highest BCUT2D eigenvalue weighted by molar-refractivity contribution is 9.09. The highest BCUT2D eigenvalue weighted by Crippen LogP contribution is 2.15. The van der Waals surface area contributed by atoms with Gasteiger partial charge < -0.3 is 4.57 Å². The topological polar surface area (TPSA) is 65.1 Å². The lowest BCUT2D eigenvalue weighted by molar-refractivity contribution is -0.385. The summed E-state index contributed by atoms with van der Waals surface area (Å²) < 4.78 is 1.43. The van der Waals surface area contributed by atoms with Crippen LogP contribution in [0.1, 0.15) is 25.3 Å². The number of nitro groups is 1. The Morgan fingerprint density at radius 1 is 1.50 bits per heavy atom. The minimum absolute atomic E-state index is 0.00254. The van der Waals surface area contributed by atoms with Crippen LogP contribution in [0, 0.1) is 23.0 Å². The molecule has 0 aliphatic rings. The smallest absolute Gasteiger partial charge is 0.288 e. The average molecular weight is 317 g/mol. The zero-order chi connectivity index (χ0) is 13.7. The molecule has 1 atom stereocenters. The van der Waals surface area contributed by atoms with Crippen LogP contribution < -0.4 is 5.56 Å². The first-order valence-electron chi connectivity index (χ1n) is 5.87. The maximum Gasteiger partial charge on any atom is 0.288 e. The maximum atomic E-state index is 11.7. The van der Waals surface area contributed by atoms with Gasteiger partial charge in [0.25, 0.3) is 11.2 Å². The molecule has 0 aliphatic carbocycles. The maximum absolute atomic E-state index is 11.7. The molecule has 1 aromatic rings. The first-order chi connectivity index (χ1) is 8.45. The number of aryl methyl sites for hydroxylation is 2. The Balaban J connectivity index is 2.86. The summed E-state index contributed by atoms with van der Waals surface area (Å²) >= 11 is 3.37. The Labute approximate surface area is 114 Å². The summed E-state index contributed by atoms with van der Waals surface area (Å²) in [5, 5.41) is 11.7. The van der Waals surface area contributed by atoms with Gasteiger partial charge in [0.1, 0.15) is 0 Å². The van der Waals surface area contributed by atoms with E-state index in [1.807, 2.05) is 0 Å². The second-order valence-electron chi connectivity index (χ2n) is 4.50. The monoisotopic (exact) mass is 316 g/mol. The molecule has 0 radical (unpaired) electrons. The Morgan fingerprint density at radius 3 is 2.72 bits per heavy atom. The van der Waals surface area contributed by atoms with E-state index in [9.17, 15) is 14.9 Å². The molecular formula is C12H17BrN2O3. The molecular weight excluding hydrogens is 300 g/mol. The summed E-state index contributed by atoms with van der Waals surface area (Å²) in [7, 11) is 0. The fourth-order valence-corrected chi connectivity index (χ4v) is 2.49. The van der Waals surface area contributed by atoms with E-state index in [2.05, 4.69) is 22.9 Å².